The number of carbonyl (C=O) groups is 2. The first-order valence-electron chi connectivity index (χ1n) is 8.17. The van der Waals surface area contributed by atoms with Gasteiger partial charge in [0.05, 0.1) is 23.9 Å². The summed E-state index contributed by atoms with van der Waals surface area (Å²) in [6.45, 7) is -0.346. The molecule has 3 rings (SSSR count). The van der Waals surface area contributed by atoms with E-state index in [0.29, 0.717) is 11.3 Å². The molecule has 0 spiro atoms. The highest BCUT2D eigenvalue weighted by Gasteiger charge is 2.18. The number of oxazole rings is 1. The second-order valence-corrected chi connectivity index (χ2v) is 5.50. The number of esters is 1. The van der Waals surface area contributed by atoms with Crippen LogP contribution in [0.1, 0.15) is 10.4 Å². The van der Waals surface area contributed by atoms with Gasteiger partial charge in [0.1, 0.15) is 0 Å². The fourth-order valence-electron chi connectivity index (χ4n) is 2.39. The van der Waals surface area contributed by atoms with Crippen LogP contribution < -0.4 is 5.32 Å². The van der Waals surface area contributed by atoms with Gasteiger partial charge in [0, 0.05) is 5.56 Å². The van der Waals surface area contributed by atoms with Crippen LogP contribution in [-0.4, -0.2) is 30.0 Å². The van der Waals surface area contributed by atoms with E-state index in [9.17, 15) is 9.59 Å². The molecular weight excluding hydrogens is 344 g/mol. The molecule has 0 saturated heterocycles. The van der Waals surface area contributed by atoms with E-state index >= 15 is 0 Å². The standard InChI is InChI=1S/C21H16N2O4/c1-2-12-22-19(24)14-26-21(25)17-11-7-6-10-16(17)20-23-13-18(27-20)15-8-4-3-5-9-15/h1,3-11,13H,12,14H2,(H,22,24). The zero-order chi connectivity index (χ0) is 19.1. The second-order valence-electron chi connectivity index (χ2n) is 5.50. The maximum atomic E-state index is 12.4. The Kier molecular flexibility index (Phi) is 5.65. The van der Waals surface area contributed by atoms with Gasteiger partial charge >= 0.3 is 5.97 Å². The molecule has 0 aliphatic rings. The van der Waals surface area contributed by atoms with Crippen molar-refractivity contribution in [3.8, 4) is 35.1 Å². The van der Waals surface area contributed by atoms with Crippen molar-refractivity contribution >= 4 is 11.9 Å². The van der Waals surface area contributed by atoms with E-state index in [1.54, 1.807) is 30.5 Å². The molecule has 2 aromatic carbocycles. The minimum Gasteiger partial charge on any atom is -0.452 e. The molecule has 1 aromatic heterocycles. The molecule has 134 valence electrons. The van der Waals surface area contributed by atoms with Crippen LogP contribution in [0.5, 0.6) is 0 Å². The Hall–Kier alpha value is -3.85. The highest BCUT2D eigenvalue weighted by molar-refractivity contribution is 5.97. The number of rotatable bonds is 6. The van der Waals surface area contributed by atoms with Gasteiger partial charge in [-0.15, -0.1) is 6.42 Å². The largest absolute Gasteiger partial charge is 0.452 e. The summed E-state index contributed by atoms with van der Waals surface area (Å²) in [6.07, 6.45) is 6.66. The van der Waals surface area contributed by atoms with Crippen molar-refractivity contribution in [3.63, 3.8) is 0 Å². The lowest BCUT2D eigenvalue weighted by molar-refractivity contribution is -0.123. The summed E-state index contributed by atoms with van der Waals surface area (Å²) in [4.78, 5) is 28.2. The highest BCUT2D eigenvalue weighted by Crippen LogP contribution is 2.28. The lowest BCUT2D eigenvalue weighted by Gasteiger charge is -2.07. The van der Waals surface area contributed by atoms with Gasteiger partial charge in [-0.3, -0.25) is 4.79 Å². The van der Waals surface area contributed by atoms with Crippen LogP contribution in [0, 0.1) is 12.3 Å². The van der Waals surface area contributed by atoms with Gasteiger partial charge in [-0.2, -0.15) is 0 Å². The van der Waals surface area contributed by atoms with Crippen LogP contribution in [0.15, 0.2) is 65.2 Å². The smallest absolute Gasteiger partial charge is 0.339 e. The third-order valence-electron chi connectivity index (χ3n) is 3.66. The second kappa shape index (κ2) is 8.50. The summed E-state index contributed by atoms with van der Waals surface area (Å²) in [6, 6.07) is 16.3. The van der Waals surface area contributed by atoms with Crippen LogP contribution in [0.3, 0.4) is 0 Å². The SMILES string of the molecule is C#CCNC(=O)COC(=O)c1ccccc1-c1ncc(-c2ccccc2)o1. The maximum Gasteiger partial charge on any atom is 0.339 e. The third-order valence-corrected chi connectivity index (χ3v) is 3.66. The van der Waals surface area contributed by atoms with Crippen molar-refractivity contribution in [2.45, 2.75) is 0 Å². The lowest BCUT2D eigenvalue weighted by Crippen LogP contribution is -2.29. The minimum absolute atomic E-state index is 0.0749. The number of terminal acetylenes is 1. The number of ether oxygens (including phenoxy) is 1. The predicted molar refractivity (Wildman–Crippen MR) is 99.5 cm³/mol. The molecule has 1 heterocycles. The fraction of sp³-hybridized carbons (Fsp3) is 0.0952. The number of amides is 1. The number of aromatic nitrogens is 1. The molecule has 27 heavy (non-hydrogen) atoms. The van der Waals surface area contributed by atoms with E-state index in [1.165, 1.54) is 0 Å². The number of hydrogen-bond donors (Lipinski definition) is 1. The van der Waals surface area contributed by atoms with Crippen molar-refractivity contribution in [3.05, 3.63) is 66.4 Å². The number of hydrogen-bond acceptors (Lipinski definition) is 5. The Morgan fingerprint density at radius 2 is 1.85 bits per heavy atom. The van der Waals surface area contributed by atoms with E-state index in [1.807, 2.05) is 30.3 Å². The first-order chi connectivity index (χ1) is 13.2. The van der Waals surface area contributed by atoms with Crippen LogP contribution in [0.25, 0.3) is 22.8 Å². The zero-order valence-electron chi connectivity index (χ0n) is 14.3. The van der Waals surface area contributed by atoms with Gasteiger partial charge in [0.2, 0.25) is 5.89 Å². The Morgan fingerprint density at radius 1 is 1.11 bits per heavy atom. The van der Waals surface area contributed by atoms with E-state index < -0.39 is 18.5 Å². The first kappa shape index (κ1) is 18.0. The number of nitrogens with one attached hydrogen (secondary N) is 1. The van der Waals surface area contributed by atoms with Crippen molar-refractivity contribution in [1.29, 1.82) is 0 Å². The minimum atomic E-state index is -0.652. The average molecular weight is 360 g/mol. The molecule has 0 atom stereocenters. The van der Waals surface area contributed by atoms with Crippen molar-refractivity contribution < 1.29 is 18.7 Å². The summed E-state index contributed by atoms with van der Waals surface area (Å²) in [7, 11) is 0. The fourth-order valence-corrected chi connectivity index (χ4v) is 2.39. The molecule has 1 N–H and O–H groups in total. The molecule has 0 aliphatic carbocycles. The predicted octanol–water partition coefficient (Wildman–Crippen LogP) is 2.91. The molecular formula is C21H16N2O4. The molecule has 0 aliphatic heterocycles. The lowest BCUT2D eigenvalue weighted by atomic mass is 10.1. The average Bonchev–Trinajstić information content (AvgIpc) is 3.21. The van der Waals surface area contributed by atoms with E-state index in [-0.39, 0.29) is 18.0 Å². The Labute approximate surface area is 156 Å². The van der Waals surface area contributed by atoms with Crippen molar-refractivity contribution in [2.24, 2.45) is 0 Å². The van der Waals surface area contributed by atoms with Crippen molar-refractivity contribution in [2.75, 3.05) is 13.2 Å². The molecule has 3 aromatic rings. The molecule has 0 fully saturated rings. The topological polar surface area (TPSA) is 81.4 Å². The van der Waals surface area contributed by atoms with E-state index in [0.717, 1.165) is 5.56 Å². The summed E-state index contributed by atoms with van der Waals surface area (Å²) < 4.78 is 10.9. The van der Waals surface area contributed by atoms with Gasteiger partial charge < -0.3 is 14.5 Å². The molecule has 0 saturated carbocycles. The van der Waals surface area contributed by atoms with Gasteiger partial charge in [-0.25, -0.2) is 9.78 Å². The van der Waals surface area contributed by atoms with Crippen LogP contribution in [0.4, 0.5) is 0 Å². The quantitative estimate of drug-likeness (QED) is 0.540. The Morgan fingerprint density at radius 3 is 2.63 bits per heavy atom. The summed E-state index contributed by atoms with van der Waals surface area (Å²) >= 11 is 0. The van der Waals surface area contributed by atoms with Crippen LogP contribution >= 0.6 is 0 Å². The van der Waals surface area contributed by atoms with Crippen LogP contribution in [-0.2, 0) is 9.53 Å². The van der Waals surface area contributed by atoms with E-state index in [4.69, 9.17) is 15.6 Å². The van der Waals surface area contributed by atoms with Gasteiger partial charge in [0.25, 0.3) is 5.91 Å². The normalized spacial score (nSPS) is 10.0. The van der Waals surface area contributed by atoms with Gasteiger partial charge in [0.15, 0.2) is 12.4 Å². The van der Waals surface area contributed by atoms with Crippen LogP contribution in [0.2, 0.25) is 0 Å². The molecule has 6 heteroatoms. The summed E-state index contributed by atoms with van der Waals surface area (Å²) in [5, 5.41) is 2.42. The number of nitrogens with zero attached hydrogens (tertiary/aromatic N) is 1. The number of carbonyl (C=O) groups excluding carboxylic acids is 2. The first-order valence-corrected chi connectivity index (χ1v) is 8.17. The molecule has 0 radical (unpaired) electrons. The maximum absolute atomic E-state index is 12.4. The Bertz CT molecular complexity index is 987. The molecule has 0 bridgehead atoms. The van der Waals surface area contributed by atoms with Gasteiger partial charge in [-0.1, -0.05) is 48.4 Å². The zero-order valence-corrected chi connectivity index (χ0v) is 14.3. The van der Waals surface area contributed by atoms with Crippen molar-refractivity contribution in [1.82, 2.24) is 10.3 Å². The molecule has 6 nitrogen and oxygen atoms in total. The van der Waals surface area contributed by atoms with Gasteiger partial charge in [-0.05, 0) is 12.1 Å². The monoisotopic (exact) mass is 360 g/mol. The summed E-state index contributed by atoms with van der Waals surface area (Å²) in [5.74, 6) is 2.02. The third kappa shape index (κ3) is 4.41. The highest BCUT2D eigenvalue weighted by atomic mass is 16.5. The molecule has 1 amide bonds. The molecule has 0 unspecified atom stereocenters. The van der Waals surface area contributed by atoms with E-state index in [2.05, 4.69) is 16.2 Å². The summed E-state index contributed by atoms with van der Waals surface area (Å²) in [5.41, 5.74) is 1.61. The Balaban J connectivity index is 1.78. The number of benzene rings is 2.